The van der Waals surface area contributed by atoms with Crippen molar-refractivity contribution in [3.63, 3.8) is 0 Å². The largest absolute Gasteiger partial charge is 0.334 e. The number of aryl methyl sites for hydroxylation is 1. The Labute approximate surface area is 176 Å². The van der Waals surface area contributed by atoms with Crippen LogP contribution < -0.4 is 16.0 Å². The first-order valence-corrected chi connectivity index (χ1v) is 9.91. The van der Waals surface area contributed by atoms with Crippen LogP contribution in [0.2, 0.25) is 0 Å². The van der Waals surface area contributed by atoms with Crippen LogP contribution in [-0.2, 0) is 11.3 Å². The number of hydrogen-bond donors (Lipinski definition) is 3. The number of hydrogen-bond acceptors (Lipinski definition) is 3. The topological polar surface area (TPSA) is 88.1 Å². The van der Waals surface area contributed by atoms with Gasteiger partial charge in [0.1, 0.15) is 0 Å². The number of anilines is 2. The van der Waals surface area contributed by atoms with Crippen molar-refractivity contribution >= 4 is 23.3 Å². The molecule has 3 rings (SSSR count). The Morgan fingerprint density at radius 3 is 2.27 bits per heavy atom. The molecule has 0 aliphatic rings. The molecule has 0 saturated carbocycles. The monoisotopic (exact) mass is 405 g/mol. The molecule has 0 radical (unpaired) electrons. The SMILES string of the molecule is Cc1nn(-c2ccccc2)c(C)c1NC(=O)NCc1ccc(NC(=O)C(C)C)cc1. The van der Waals surface area contributed by atoms with Crippen LogP contribution >= 0.6 is 0 Å². The molecule has 0 aliphatic carbocycles. The smallest absolute Gasteiger partial charge is 0.319 e. The van der Waals surface area contributed by atoms with Crippen LogP contribution in [0.15, 0.2) is 54.6 Å². The number of nitrogens with zero attached hydrogens (tertiary/aromatic N) is 2. The zero-order chi connectivity index (χ0) is 21.7. The Bertz CT molecular complexity index is 1020. The number of urea groups is 1. The molecule has 3 N–H and O–H groups in total. The van der Waals surface area contributed by atoms with Crippen molar-refractivity contribution < 1.29 is 9.59 Å². The Morgan fingerprint density at radius 1 is 0.967 bits per heavy atom. The minimum absolute atomic E-state index is 0.0259. The predicted octanol–water partition coefficient (Wildman–Crippen LogP) is 4.41. The number of benzene rings is 2. The Hall–Kier alpha value is -3.61. The first kappa shape index (κ1) is 21.1. The van der Waals surface area contributed by atoms with E-state index < -0.39 is 0 Å². The highest BCUT2D eigenvalue weighted by Gasteiger charge is 2.15. The zero-order valence-electron chi connectivity index (χ0n) is 17.7. The summed E-state index contributed by atoms with van der Waals surface area (Å²) in [5.74, 6) is -0.102. The number of nitrogens with one attached hydrogen (secondary N) is 3. The van der Waals surface area contributed by atoms with Crippen molar-refractivity contribution in [3.05, 3.63) is 71.5 Å². The van der Waals surface area contributed by atoms with E-state index in [-0.39, 0.29) is 17.9 Å². The molecule has 3 aromatic rings. The number of rotatable bonds is 6. The van der Waals surface area contributed by atoms with E-state index in [9.17, 15) is 9.59 Å². The van der Waals surface area contributed by atoms with Crippen LogP contribution in [-0.4, -0.2) is 21.7 Å². The molecule has 156 valence electrons. The van der Waals surface area contributed by atoms with Gasteiger partial charge in [-0.25, -0.2) is 9.48 Å². The molecular weight excluding hydrogens is 378 g/mol. The average Bonchev–Trinajstić information content (AvgIpc) is 3.02. The van der Waals surface area contributed by atoms with Crippen molar-refractivity contribution in [1.29, 1.82) is 0 Å². The molecule has 2 aromatic carbocycles. The van der Waals surface area contributed by atoms with Gasteiger partial charge < -0.3 is 16.0 Å². The molecule has 1 aromatic heterocycles. The number of aromatic nitrogens is 2. The minimum atomic E-state index is -0.300. The van der Waals surface area contributed by atoms with Crippen LogP contribution in [0.4, 0.5) is 16.2 Å². The van der Waals surface area contributed by atoms with Crippen molar-refractivity contribution in [2.45, 2.75) is 34.2 Å². The lowest BCUT2D eigenvalue weighted by Crippen LogP contribution is -2.28. The summed E-state index contributed by atoms with van der Waals surface area (Å²) in [6.45, 7) is 7.85. The number of carbonyl (C=O) groups is 2. The van der Waals surface area contributed by atoms with Crippen molar-refractivity contribution in [2.75, 3.05) is 10.6 Å². The molecule has 0 unspecified atom stereocenters. The van der Waals surface area contributed by atoms with Gasteiger partial charge >= 0.3 is 6.03 Å². The highest BCUT2D eigenvalue weighted by atomic mass is 16.2. The normalized spacial score (nSPS) is 10.7. The molecule has 1 heterocycles. The maximum atomic E-state index is 12.4. The molecule has 0 fully saturated rings. The van der Waals surface area contributed by atoms with Crippen molar-refractivity contribution in [1.82, 2.24) is 15.1 Å². The summed E-state index contributed by atoms with van der Waals surface area (Å²) in [5, 5.41) is 13.1. The van der Waals surface area contributed by atoms with E-state index >= 15 is 0 Å². The van der Waals surface area contributed by atoms with Crippen molar-refractivity contribution in [3.8, 4) is 5.69 Å². The second-order valence-corrected chi connectivity index (χ2v) is 7.44. The van der Waals surface area contributed by atoms with Gasteiger partial charge in [-0.2, -0.15) is 5.10 Å². The quantitative estimate of drug-likeness (QED) is 0.568. The summed E-state index contributed by atoms with van der Waals surface area (Å²) in [6, 6.07) is 16.9. The standard InChI is InChI=1S/C23H27N5O2/c1-15(2)22(29)25-19-12-10-18(11-13-19)14-24-23(30)26-21-16(3)27-28(17(21)4)20-8-6-5-7-9-20/h5-13,15H,14H2,1-4H3,(H,25,29)(H2,24,26,30). The molecule has 3 amide bonds. The molecule has 0 aliphatic heterocycles. The summed E-state index contributed by atoms with van der Waals surface area (Å²) in [7, 11) is 0. The van der Waals surface area contributed by atoms with Crippen LogP contribution in [0.1, 0.15) is 30.8 Å². The fraction of sp³-hybridized carbons (Fsp3) is 0.261. The number of carbonyl (C=O) groups excluding carboxylic acids is 2. The van der Waals surface area contributed by atoms with E-state index in [4.69, 9.17) is 0 Å². The number of amides is 3. The van der Waals surface area contributed by atoms with Gasteiger partial charge in [0.15, 0.2) is 0 Å². The summed E-state index contributed by atoms with van der Waals surface area (Å²) in [4.78, 5) is 24.2. The molecule has 30 heavy (non-hydrogen) atoms. The lowest BCUT2D eigenvalue weighted by Gasteiger charge is -2.10. The fourth-order valence-electron chi connectivity index (χ4n) is 2.98. The van der Waals surface area contributed by atoms with Crippen LogP contribution in [0.5, 0.6) is 0 Å². The molecule has 0 bridgehead atoms. The zero-order valence-corrected chi connectivity index (χ0v) is 17.7. The van der Waals surface area contributed by atoms with Crippen LogP contribution in [0.25, 0.3) is 5.69 Å². The van der Waals surface area contributed by atoms with E-state index in [1.165, 1.54) is 0 Å². The predicted molar refractivity (Wildman–Crippen MR) is 119 cm³/mol. The van der Waals surface area contributed by atoms with Gasteiger partial charge in [0.2, 0.25) is 5.91 Å². The van der Waals surface area contributed by atoms with Gasteiger partial charge in [0.05, 0.1) is 22.8 Å². The third-order valence-corrected chi connectivity index (χ3v) is 4.73. The van der Waals surface area contributed by atoms with Crippen LogP contribution in [0.3, 0.4) is 0 Å². The third kappa shape index (κ3) is 5.05. The highest BCUT2D eigenvalue weighted by molar-refractivity contribution is 5.92. The lowest BCUT2D eigenvalue weighted by molar-refractivity contribution is -0.118. The Kier molecular flexibility index (Phi) is 6.51. The maximum Gasteiger partial charge on any atom is 0.319 e. The van der Waals surface area contributed by atoms with Gasteiger partial charge in [0, 0.05) is 18.2 Å². The molecule has 7 nitrogen and oxygen atoms in total. The minimum Gasteiger partial charge on any atom is -0.334 e. The molecule has 0 atom stereocenters. The summed E-state index contributed by atoms with van der Waals surface area (Å²) in [6.07, 6.45) is 0. The summed E-state index contributed by atoms with van der Waals surface area (Å²) < 4.78 is 1.81. The van der Waals surface area contributed by atoms with Gasteiger partial charge in [-0.05, 0) is 43.7 Å². The van der Waals surface area contributed by atoms with Gasteiger partial charge in [0.25, 0.3) is 0 Å². The summed E-state index contributed by atoms with van der Waals surface area (Å²) in [5.41, 5.74) is 4.91. The Morgan fingerprint density at radius 2 is 1.63 bits per heavy atom. The van der Waals surface area contributed by atoms with Gasteiger partial charge in [-0.15, -0.1) is 0 Å². The van der Waals surface area contributed by atoms with E-state index in [1.807, 2.05) is 87.0 Å². The molecule has 7 heteroatoms. The van der Waals surface area contributed by atoms with Crippen LogP contribution in [0, 0.1) is 19.8 Å². The Balaban J connectivity index is 1.59. The number of para-hydroxylation sites is 1. The second-order valence-electron chi connectivity index (χ2n) is 7.44. The summed E-state index contributed by atoms with van der Waals surface area (Å²) >= 11 is 0. The third-order valence-electron chi connectivity index (χ3n) is 4.73. The van der Waals surface area contributed by atoms with Crippen molar-refractivity contribution in [2.24, 2.45) is 5.92 Å². The first-order chi connectivity index (χ1) is 14.3. The van der Waals surface area contributed by atoms with E-state index in [0.717, 1.165) is 28.3 Å². The fourth-order valence-corrected chi connectivity index (χ4v) is 2.98. The van der Waals surface area contributed by atoms with Gasteiger partial charge in [-0.1, -0.05) is 44.2 Å². The van der Waals surface area contributed by atoms with E-state index in [2.05, 4.69) is 21.0 Å². The molecule has 0 spiro atoms. The lowest BCUT2D eigenvalue weighted by atomic mass is 10.1. The first-order valence-electron chi connectivity index (χ1n) is 9.91. The maximum absolute atomic E-state index is 12.4. The van der Waals surface area contributed by atoms with E-state index in [1.54, 1.807) is 0 Å². The van der Waals surface area contributed by atoms with Gasteiger partial charge in [-0.3, -0.25) is 4.79 Å². The molecular formula is C23H27N5O2. The van der Waals surface area contributed by atoms with E-state index in [0.29, 0.717) is 12.2 Å². The highest BCUT2D eigenvalue weighted by Crippen LogP contribution is 2.22. The average molecular weight is 406 g/mol. The molecule has 0 saturated heterocycles. The second kappa shape index (κ2) is 9.26.